The molecule has 0 fully saturated rings. The van der Waals surface area contributed by atoms with Gasteiger partial charge in [-0.3, -0.25) is 14.2 Å². The number of aromatic nitrogens is 2. The third-order valence-corrected chi connectivity index (χ3v) is 6.11. The Morgan fingerprint density at radius 1 is 1.54 bits per heavy atom. The molecule has 1 aliphatic rings. The third kappa shape index (κ3) is 3.07. The van der Waals surface area contributed by atoms with Crippen molar-refractivity contribution in [2.75, 3.05) is 0 Å². The number of fused-ring (bicyclic) bond motifs is 3. The highest BCUT2D eigenvalue weighted by Crippen LogP contribution is 2.35. The summed E-state index contributed by atoms with van der Waals surface area (Å²) >= 11 is 1.62. The van der Waals surface area contributed by atoms with Gasteiger partial charge >= 0.3 is 0 Å². The van der Waals surface area contributed by atoms with Crippen LogP contribution in [0.25, 0.3) is 10.2 Å². The van der Waals surface area contributed by atoms with Gasteiger partial charge in [0.2, 0.25) is 5.91 Å². The van der Waals surface area contributed by atoms with Crippen LogP contribution in [0.1, 0.15) is 42.5 Å². The second-order valence-electron chi connectivity index (χ2n) is 7.01. The Bertz CT molecular complexity index is 1000. The van der Waals surface area contributed by atoms with E-state index in [9.17, 15) is 9.59 Å². The van der Waals surface area contributed by atoms with Gasteiger partial charge in [0.25, 0.3) is 5.56 Å². The van der Waals surface area contributed by atoms with Crippen LogP contribution < -0.4 is 10.9 Å². The van der Waals surface area contributed by atoms with Crippen molar-refractivity contribution >= 4 is 27.5 Å². The molecule has 136 valence electrons. The average Bonchev–Trinajstić information content (AvgIpc) is 3.24. The van der Waals surface area contributed by atoms with E-state index in [1.807, 2.05) is 13.0 Å². The Labute approximate surface area is 154 Å². The third-order valence-electron chi connectivity index (χ3n) is 4.94. The minimum Gasteiger partial charge on any atom is -0.467 e. The van der Waals surface area contributed by atoms with Crippen molar-refractivity contribution in [3.63, 3.8) is 0 Å². The van der Waals surface area contributed by atoms with Gasteiger partial charge in [-0.2, -0.15) is 0 Å². The van der Waals surface area contributed by atoms with Crippen molar-refractivity contribution in [3.05, 3.63) is 51.3 Å². The molecule has 0 saturated heterocycles. The van der Waals surface area contributed by atoms with Crippen LogP contribution in [0.3, 0.4) is 0 Å². The summed E-state index contributed by atoms with van der Waals surface area (Å²) in [6.45, 7) is 4.04. The molecule has 6 nitrogen and oxygen atoms in total. The number of nitrogens with one attached hydrogen (secondary N) is 1. The van der Waals surface area contributed by atoms with Crippen molar-refractivity contribution < 1.29 is 9.21 Å². The van der Waals surface area contributed by atoms with Gasteiger partial charge in [-0.15, -0.1) is 11.3 Å². The molecule has 0 unspecified atom stereocenters. The largest absolute Gasteiger partial charge is 0.467 e. The summed E-state index contributed by atoms with van der Waals surface area (Å²) in [5.74, 6) is 1.09. The highest BCUT2D eigenvalue weighted by atomic mass is 32.1. The van der Waals surface area contributed by atoms with E-state index in [0.717, 1.165) is 29.7 Å². The van der Waals surface area contributed by atoms with Crippen LogP contribution >= 0.6 is 11.3 Å². The van der Waals surface area contributed by atoms with Crippen LogP contribution in [0.15, 0.2) is 33.9 Å². The number of hydrogen-bond donors (Lipinski definition) is 1. The Morgan fingerprint density at radius 2 is 2.38 bits per heavy atom. The van der Waals surface area contributed by atoms with Crippen LogP contribution in [0.2, 0.25) is 0 Å². The number of nitrogens with zero attached hydrogens (tertiary/aromatic N) is 2. The Morgan fingerprint density at radius 3 is 3.15 bits per heavy atom. The topological polar surface area (TPSA) is 77.1 Å². The second-order valence-corrected chi connectivity index (χ2v) is 8.10. The van der Waals surface area contributed by atoms with Gasteiger partial charge in [-0.05, 0) is 49.8 Å². The molecule has 3 aromatic rings. The van der Waals surface area contributed by atoms with Gasteiger partial charge in [-0.1, -0.05) is 6.92 Å². The molecule has 3 heterocycles. The van der Waals surface area contributed by atoms with Gasteiger partial charge in [0, 0.05) is 4.88 Å². The van der Waals surface area contributed by atoms with E-state index in [4.69, 9.17) is 4.42 Å². The quantitative estimate of drug-likeness (QED) is 0.765. The maximum absolute atomic E-state index is 12.9. The lowest BCUT2D eigenvalue weighted by Gasteiger charge is -2.17. The number of amides is 1. The normalized spacial score (nSPS) is 17.8. The summed E-state index contributed by atoms with van der Waals surface area (Å²) in [6.07, 6.45) is 6.07. The molecule has 0 spiro atoms. The van der Waals surface area contributed by atoms with Crippen LogP contribution in [0.4, 0.5) is 0 Å². The predicted octanol–water partition coefficient (Wildman–Crippen LogP) is 3.05. The van der Waals surface area contributed by atoms with Crippen molar-refractivity contribution in [3.8, 4) is 0 Å². The first-order valence-electron chi connectivity index (χ1n) is 8.85. The number of thiophene rings is 1. The van der Waals surface area contributed by atoms with Crippen LogP contribution in [0, 0.1) is 5.92 Å². The number of furan rings is 1. The molecule has 1 amide bonds. The maximum Gasteiger partial charge on any atom is 0.262 e. The molecule has 1 N–H and O–H groups in total. The maximum atomic E-state index is 12.9. The minimum atomic E-state index is -0.250. The lowest BCUT2D eigenvalue weighted by atomic mass is 9.89. The van der Waals surface area contributed by atoms with E-state index in [1.54, 1.807) is 23.7 Å². The van der Waals surface area contributed by atoms with Crippen molar-refractivity contribution in [1.29, 1.82) is 0 Å². The fraction of sp³-hybridized carbons (Fsp3) is 0.421. The number of hydrogen-bond acceptors (Lipinski definition) is 5. The number of rotatable bonds is 4. The first kappa shape index (κ1) is 17.0. The highest BCUT2D eigenvalue weighted by Gasteiger charge is 2.23. The van der Waals surface area contributed by atoms with E-state index in [-0.39, 0.29) is 24.1 Å². The van der Waals surface area contributed by atoms with E-state index in [1.165, 1.54) is 15.8 Å². The second kappa shape index (κ2) is 6.72. The smallest absolute Gasteiger partial charge is 0.262 e. The Kier molecular flexibility index (Phi) is 4.40. The van der Waals surface area contributed by atoms with Gasteiger partial charge in [0.15, 0.2) is 0 Å². The van der Waals surface area contributed by atoms with Crippen LogP contribution in [-0.2, 0) is 24.2 Å². The zero-order valence-electron chi connectivity index (χ0n) is 14.8. The molecular formula is C19H21N3O3S. The van der Waals surface area contributed by atoms with Crippen LogP contribution in [0.5, 0.6) is 0 Å². The van der Waals surface area contributed by atoms with E-state index in [0.29, 0.717) is 17.1 Å². The summed E-state index contributed by atoms with van der Waals surface area (Å²) in [6, 6.07) is 3.34. The standard InChI is InChI=1S/C19H21N3O3S/c1-11-5-6-13-15(8-11)26-18-17(13)19(24)22(10-20-18)9-16(23)21-12(2)14-4-3-7-25-14/h3-4,7,10-12H,5-6,8-9H2,1-2H3,(H,21,23)/t11-,12+/m0/s1. The van der Waals surface area contributed by atoms with E-state index >= 15 is 0 Å². The van der Waals surface area contributed by atoms with E-state index < -0.39 is 0 Å². The molecule has 26 heavy (non-hydrogen) atoms. The summed E-state index contributed by atoms with van der Waals surface area (Å²) < 4.78 is 6.69. The monoisotopic (exact) mass is 371 g/mol. The first-order valence-corrected chi connectivity index (χ1v) is 9.67. The van der Waals surface area contributed by atoms with Crippen molar-refractivity contribution in [2.24, 2.45) is 5.92 Å². The molecule has 0 aliphatic heterocycles. The summed E-state index contributed by atoms with van der Waals surface area (Å²) in [5.41, 5.74) is 1.02. The zero-order chi connectivity index (χ0) is 18.3. The molecule has 2 atom stereocenters. The zero-order valence-corrected chi connectivity index (χ0v) is 15.6. The van der Waals surface area contributed by atoms with Gasteiger partial charge in [0.1, 0.15) is 17.1 Å². The highest BCUT2D eigenvalue weighted by molar-refractivity contribution is 7.18. The van der Waals surface area contributed by atoms with Gasteiger partial charge < -0.3 is 9.73 Å². The first-order chi connectivity index (χ1) is 12.5. The molecule has 1 aliphatic carbocycles. The predicted molar refractivity (Wildman–Crippen MR) is 100 cm³/mol. The number of carbonyl (C=O) groups excluding carboxylic acids is 1. The Hall–Kier alpha value is -2.41. The van der Waals surface area contributed by atoms with Crippen LogP contribution in [-0.4, -0.2) is 15.5 Å². The molecule has 3 aromatic heterocycles. The summed E-state index contributed by atoms with van der Waals surface area (Å²) in [4.78, 5) is 31.8. The molecule has 0 radical (unpaired) electrons. The fourth-order valence-corrected chi connectivity index (χ4v) is 4.87. The lowest BCUT2D eigenvalue weighted by Crippen LogP contribution is -2.34. The van der Waals surface area contributed by atoms with Gasteiger partial charge in [0.05, 0.1) is 24.0 Å². The summed E-state index contributed by atoms with van der Waals surface area (Å²) in [7, 11) is 0. The molecule has 0 aromatic carbocycles. The SMILES string of the molecule is C[C@H]1CCc2c(sc3ncn(CC(=O)N[C@H](C)c4ccco4)c(=O)c23)C1. The molecule has 0 saturated carbocycles. The molecular weight excluding hydrogens is 350 g/mol. The van der Waals surface area contributed by atoms with Gasteiger partial charge in [-0.25, -0.2) is 4.98 Å². The van der Waals surface area contributed by atoms with Crippen molar-refractivity contribution in [1.82, 2.24) is 14.9 Å². The average molecular weight is 371 g/mol. The van der Waals surface area contributed by atoms with Crippen molar-refractivity contribution in [2.45, 2.75) is 45.7 Å². The van der Waals surface area contributed by atoms with E-state index in [2.05, 4.69) is 17.2 Å². The lowest BCUT2D eigenvalue weighted by molar-refractivity contribution is -0.122. The molecule has 4 rings (SSSR count). The number of aryl methyl sites for hydroxylation is 1. The summed E-state index contributed by atoms with van der Waals surface area (Å²) in [5, 5.41) is 3.55. The minimum absolute atomic E-state index is 0.0478. The molecule has 7 heteroatoms. The number of carbonyl (C=O) groups is 1. The fourth-order valence-electron chi connectivity index (χ4n) is 3.53. The Balaban J connectivity index is 1.58. The molecule has 0 bridgehead atoms.